The molecule has 25 heavy (non-hydrogen) atoms. The lowest BCUT2D eigenvalue weighted by atomic mass is 9.66. The first-order valence-corrected chi connectivity index (χ1v) is 9.30. The highest BCUT2D eigenvalue weighted by Crippen LogP contribution is 2.44. The predicted molar refractivity (Wildman–Crippen MR) is 93.5 cm³/mol. The van der Waals surface area contributed by atoms with Crippen molar-refractivity contribution >= 4 is 0 Å². The lowest BCUT2D eigenvalue weighted by molar-refractivity contribution is -0.221. The minimum atomic E-state index is -0.685. The number of H-pyrrole nitrogens is 1. The molecule has 138 valence electrons. The number of fused-ring (bicyclic) bond motifs is 3. The van der Waals surface area contributed by atoms with Gasteiger partial charge in [0.1, 0.15) is 0 Å². The second-order valence-electron chi connectivity index (χ2n) is 7.88. The Labute approximate surface area is 148 Å². The summed E-state index contributed by atoms with van der Waals surface area (Å²) in [5.41, 5.74) is 1.95. The molecule has 1 aromatic rings. The van der Waals surface area contributed by atoms with Crippen LogP contribution < -0.4 is 5.43 Å². The van der Waals surface area contributed by atoms with Crippen LogP contribution in [0.25, 0.3) is 0 Å². The van der Waals surface area contributed by atoms with Crippen molar-refractivity contribution in [2.24, 2.45) is 11.8 Å². The molecule has 0 spiro atoms. The molecule has 0 unspecified atom stereocenters. The lowest BCUT2D eigenvalue weighted by Gasteiger charge is -2.57. The zero-order valence-electron chi connectivity index (χ0n) is 15.1. The smallest absolute Gasteiger partial charge is 0.187 e. The van der Waals surface area contributed by atoms with Gasteiger partial charge in [0.2, 0.25) is 0 Å². The SMILES string of the molecule is Cc1c[nH]c(CN2C[C@@H]3COCC[C@]3(O)[C@H]3COCC[C@H]32)c(C)c1=O. The number of pyridine rings is 1. The second kappa shape index (κ2) is 6.50. The van der Waals surface area contributed by atoms with E-state index < -0.39 is 5.60 Å². The molecule has 3 aliphatic rings. The highest BCUT2D eigenvalue weighted by Gasteiger charge is 2.55. The number of likely N-dealkylation sites (tertiary alicyclic amines) is 1. The van der Waals surface area contributed by atoms with Crippen LogP contribution in [0.4, 0.5) is 0 Å². The number of nitrogens with zero attached hydrogens (tertiary/aromatic N) is 1. The van der Waals surface area contributed by atoms with E-state index in [-0.39, 0.29) is 23.3 Å². The molecule has 4 rings (SSSR count). The molecule has 0 amide bonds. The van der Waals surface area contributed by atoms with E-state index in [0.717, 1.165) is 36.4 Å². The number of aromatic amines is 1. The Morgan fingerprint density at radius 2 is 2.12 bits per heavy atom. The molecule has 6 nitrogen and oxygen atoms in total. The largest absolute Gasteiger partial charge is 0.389 e. The van der Waals surface area contributed by atoms with Crippen molar-refractivity contribution in [3.63, 3.8) is 0 Å². The lowest BCUT2D eigenvalue weighted by Crippen LogP contribution is -2.67. The summed E-state index contributed by atoms with van der Waals surface area (Å²) in [4.78, 5) is 18.0. The van der Waals surface area contributed by atoms with Gasteiger partial charge in [0.25, 0.3) is 0 Å². The molecule has 3 fully saturated rings. The van der Waals surface area contributed by atoms with Gasteiger partial charge >= 0.3 is 0 Å². The maximum absolute atomic E-state index is 12.3. The van der Waals surface area contributed by atoms with E-state index >= 15 is 0 Å². The number of rotatable bonds is 2. The van der Waals surface area contributed by atoms with Gasteiger partial charge in [-0.2, -0.15) is 0 Å². The van der Waals surface area contributed by atoms with Gasteiger partial charge < -0.3 is 19.6 Å². The molecule has 2 N–H and O–H groups in total. The van der Waals surface area contributed by atoms with Crippen molar-refractivity contribution in [2.75, 3.05) is 33.0 Å². The van der Waals surface area contributed by atoms with Gasteiger partial charge in [-0.25, -0.2) is 0 Å². The fraction of sp³-hybridized carbons (Fsp3) is 0.737. The Balaban J connectivity index is 1.63. The van der Waals surface area contributed by atoms with Crippen LogP contribution in [-0.4, -0.2) is 59.6 Å². The third-order valence-electron chi connectivity index (χ3n) is 6.53. The summed E-state index contributed by atoms with van der Waals surface area (Å²) in [6.07, 6.45) is 3.42. The summed E-state index contributed by atoms with van der Waals surface area (Å²) < 4.78 is 11.4. The van der Waals surface area contributed by atoms with Crippen molar-refractivity contribution in [1.29, 1.82) is 0 Å². The van der Waals surface area contributed by atoms with Crippen LogP contribution in [0.3, 0.4) is 0 Å². The monoisotopic (exact) mass is 348 g/mol. The molecule has 1 aromatic heterocycles. The summed E-state index contributed by atoms with van der Waals surface area (Å²) in [5, 5.41) is 11.4. The molecule has 0 saturated carbocycles. The van der Waals surface area contributed by atoms with Crippen molar-refractivity contribution in [3.05, 3.63) is 33.2 Å². The second-order valence-corrected chi connectivity index (χ2v) is 7.88. The summed E-state index contributed by atoms with van der Waals surface area (Å²) >= 11 is 0. The van der Waals surface area contributed by atoms with Gasteiger partial charge in [0.15, 0.2) is 5.43 Å². The predicted octanol–water partition coefficient (Wildman–Crippen LogP) is 0.980. The maximum Gasteiger partial charge on any atom is 0.187 e. The summed E-state index contributed by atoms with van der Waals surface area (Å²) in [6.45, 7) is 7.80. The van der Waals surface area contributed by atoms with Gasteiger partial charge in [-0.3, -0.25) is 9.69 Å². The zero-order chi connectivity index (χ0) is 17.6. The molecule has 0 aliphatic carbocycles. The number of ether oxygens (including phenoxy) is 2. The van der Waals surface area contributed by atoms with E-state index in [1.165, 1.54) is 0 Å². The third-order valence-corrected chi connectivity index (χ3v) is 6.53. The average molecular weight is 348 g/mol. The van der Waals surface area contributed by atoms with Crippen LogP contribution in [-0.2, 0) is 16.0 Å². The third kappa shape index (κ3) is 2.85. The first-order valence-electron chi connectivity index (χ1n) is 9.30. The van der Waals surface area contributed by atoms with E-state index in [0.29, 0.717) is 32.8 Å². The number of nitrogens with one attached hydrogen (secondary N) is 1. The van der Waals surface area contributed by atoms with Crippen LogP contribution in [0.15, 0.2) is 11.0 Å². The van der Waals surface area contributed by atoms with E-state index in [9.17, 15) is 9.90 Å². The molecule has 4 atom stereocenters. The number of aryl methyl sites for hydroxylation is 1. The number of aliphatic hydroxyl groups is 1. The number of piperidine rings is 1. The van der Waals surface area contributed by atoms with Gasteiger partial charge in [-0.15, -0.1) is 0 Å². The molecule has 0 aromatic carbocycles. The topological polar surface area (TPSA) is 74.8 Å². The Kier molecular flexibility index (Phi) is 4.48. The average Bonchev–Trinajstić information content (AvgIpc) is 2.63. The molecule has 3 aliphatic heterocycles. The molecule has 0 radical (unpaired) electrons. The van der Waals surface area contributed by atoms with E-state index in [2.05, 4.69) is 9.88 Å². The summed E-state index contributed by atoms with van der Waals surface area (Å²) in [7, 11) is 0. The van der Waals surface area contributed by atoms with Crippen LogP contribution in [0, 0.1) is 25.7 Å². The van der Waals surface area contributed by atoms with Crippen LogP contribution in [0.2, 0.25) is 0 Å². The molecular weight excluding hydrogens is 320 g/mol. The van der Waals surface area contributed by atoms with Crippen molar-refractivity contribution < 1.29 is 14.6 Å². The number of hydrogen-bond donors (Lipinski definition) is 2. The normalized spacial score (nSPS) is 35.9. The molecular formula is C19H28N2O4. The first kappa shape index (κ1) is 17.2. The van der Waals surface area contributed by atoms with E-state index in [4.69, 9.17) is 9.47 Å². The van der Waals surface area contributed by atoms with Crippen LogP contribution in [0.5, 0.6) is 0 Å². The Hall–Kier alpha value is -1.21. The molecule has 4 heterocycles. The minimum Gasteiger partial charge on any atom is -0.389 e. The van der Waals surface area contributed by atoms with E-state index in [1.54, 1.807) is 6.20 Å². The summed E-state index contributed by atoms with van der Waals surface area (Å²) in [6, 6.07) is 0.289. The molecule has 3 saturated heterocycles. The summed E-state index contributed by atoms with van der Waals surface area (Å²) in [5.74, 6) is 0.211. The molecule has 0 bridgehead atoms. The van der Waals surface area contributed by atoms with Crippen molar-refractivity contribution in [2.45, 2.75) is 44.9 Å². The fourth-order valence-electron chi connectivity index (χ4n) is 4.92. The van der Waals surface area contributed by atoms with Crippen molar-refractivity contribution in [3.8, 4) is 0 Å². The molecule has 6 heteroatoms. The Bertz CT molecular complexity index is 703. The van der Waals surface area contributed by atoms with Gasteiger partial charge in [0, 0.05) is 73.6 Å². The van der Waals surface area contributed by atoms with Gasteiger partial charge in [0.05, 0.1) is 18.8 Å². The highest BCUT2D eigenvalue weighted by molar-refractivity contribution is 5.24. The Morgan fingerprint density at radius 3 is 2.96 bits per heavy atom. The highest BCUT2D eigenvalue weighted by atomic mass is 16.5. The van der Waals surface area contributed by atoms with Crippen LogP contribution in [0.1, 0.15) is 29.7 Å². The Morgan fingerprint density at radius 1 is 1.32 bits per heavy atom. The van der Waals surface area contributed by atoms with Gasteiger partial charge in [-0.1, -0.05) is 0 Å². The number of aromatic nitrogens is 1. The maximum atomic E-state index is 12.3. The quantitative estimate of drug-likeness (QED) is 0.833. The fourth-order valence-corrected chi connectivity index (χ4v) is 4.92. The first-order chi connectivity index (χ1) is 12.0. The standard InChI is InChI=1S/C19H28N2O4/c1-12-7-20-16(13(2)18(12)22)9-21-8-14-10-25-6-4-19(14,23)15-11-24-5-3-17(15)21/h7,14-15,17,23H,3-6,8-11H2,1-2H3,(H,20,22)/t14-,15+,17-,19-/m1/s1. The van der Waals surface area contributed by atoms with Crippen molar-refractivity contribution in [1.82, 2.24) is 9.88 Å². The van der Waals surface area contributed by atoms with Gasteiger partial charge in [-0.05, 0) is 20.3 Å². The van der Waals surface area contributed by atoms with E-state index in [1.807, 2.05) is 13.8 Å². The number of hydrogen-bond acceptors (Lipinski definition) is 5. The zero-order valence-corrected chi connectivity index (χ0v) is 15.1. The minimum absolute atomic E-state index is 0.0988. The van der Waals surface area contributed by atoms with Crippen LogP contribution >= 0.6 is 0 Å².